The van der Waals surface area contributed by atoms with E-state index >= 15 is 0 Å². The van der Waals surface area contributed by atoms with Crippen molar-refractivity contribution in [3.63, 3.8) is 0 Å². The Labute approximate surface area is 155 Å². The van der Waals surface area contributed by atoms with Crippen molar-refractivity contribution >= 4 is 38.7 Å². The molecule has 0 saturated heterocycles. The van der Waals surface area contributed by atoms with Gasteiger partial charge in [-0.05, 0) is 25.1 Å². The third-order valence-electron chi connectivity index (χ3n) is 3.80. The average Bonchev–Trinajstić information content (AvgIpc) is 2.59. The van der Waals surface area contributed by atoms with Crippen LogP contribution in [-0.2, 0) is 14.3 Å². The van der Waals surface area contributed by atoms with Crippen LogP contribution >= 0.6 is 15.9 Å². The summed E-state index contributed by atoms with van der Waals surface area (Å²) in [7, 11) is 2.91. The maximum Gasteiger partial charge on any atom is 0.307 e. The number of halogens is 1. The second kappa shape index (κ2) is 8.92. The van der Waals surface area contributed by atoms with Crippen LogP contribution in [0, 0.1) is 6.92 Å². The normalized spacial score (nSPS) is 10.7. The van der Waals surface area contributed by atoms with Gasteiger partial charge in [-0.15, -0.1) is 0 Å². The lowest BCUT2D eigenvalue weighted by Crippen LogP contribution is -2.36. The number of hydrogen-bond donors (Lipinski definition) is 0. The summed E-state index contributed by atoms with van der Waals surface area (Å²) in [5.74, 6) is -0.506. The van der Waals surface area contributed by atoms with Gasteiger partial charge in [-0.25, -0.2) is 0 Å². The van der Waals surface area contributed by atoms with E-state index in [9.17, 15) is 9.59 Å². The maximum atomic E-state index is 13.1. The lowest BCUT2D eigenvalue weighted by molar-refractivity contribution is -0.140. The van der Waals surface area contributed by atoms with Crippen molar-refractivity contribution in [1.29, 1.82) is 0 Å². The summed E-state index contributed by atoms with van der Waals surface area (Å²) in [6.07, 6.45) is 0.138. The number of rotatable bonds is 7. The molecule has 0 bridgehead atoms. The number of ether oxygens (including phenoxy) is 2. The second-order valence-electron chi connectivity index (χ2n) is 5.58. The predicted molar refractivity (Wildman–Crippen MR) is 98.6 cm³/mol. The number of pyridine rings is 1. The fourth-order valence-electron chi connectivity index (χ4n) is 2.53. The molecule has 1 aromatic heterocycles. The Kier molecular flexibility index (Phi) is 6.90. The highest BCUT2D eigenvalue weighted by molar-refractivity contribution is 9.10. The topological polar surface area (TPSA) is 68.7 Å². The molecule has 0 N–H and O–H groups in total. The third kappa shape index (κ3) is 4.99. The van der Waals surface area contributed by atoms with Crippen LogP contribution in [0.15, 0.2) is 28.7 Å². The average molecular weight is 409 g/mol. The van der Waals surface area contributed by atoms with Crippen LogP contribution in [0.3, 0.4) is 0 Å². The molecule has 0 aliphatic carbocycles. The van der Waals surface area contributed by atoms with Gasteiger partial charge in [0, 0.05) is 35.8 Å². The zero-order valence-electron chi connectivity index (χ0n) is 14.5. The van der Waals surface area contributed by atoms with Crippen molar-refractivity contribution in [3.8, 4) is 0 Å². The molecule has 0 saturated carbocycles. The van der Waals surface area contributed by atoms with E-state index in [0.29, 0.717) is 18.7 Å². The van der Waals surface area contributed by atoms with Crippen LogP contribution in [-0.4, -0.2) is 55.7 Å². The molecule has 1 heterocycles. The minimum atomic E-state index is -0.352. The molecule has 7 heteroatoms. The highest BCUT2D eigenvalue weighted by atomic mass is 79.9. The van der Waals surface area contributed by atoms with Crippen LogP contribution in [0.25, 0.3) is 10.9 Å². The number of carbonyl (C=O) groups is 2. The van der Waals surface area contributed by atoms with Gasteiger partial charge in [0.05, 0.1) is 31.2 Å². The summed E-state index contributed by atoms with van der Waals surface area (Å²) < 4.78 is 10.7. The monoisotopic (exact) mass is 408 g/mol. The zero-order valence-corrected chi connectivity index (χ0v) is 16.1. The maximum absolute atomic E-state index is 13.1. The number of carbonyl (C=O) groups excluding carboxylic acids is 2. The SMILES string of the molecule is COCCN(CCC(=O)OC)C(=O)c1cc(C)nc2cc(Br)ccc12. The number of benzene rings is 1. The van der Waals surface area contributed by atoms with Crippen LogP contribution in [0.5, 0.6) is 0 Å². The molecule has 1 amide bonds. The summed E-state index contributed by atoms with van der Waals surface area (Å²) in [5.41, 5.74) is 2.07. The molecule has 6 nitrogen and oxygen atoms in total. The number of aromatic nitrogens is 1. The van der Waals surface area contributed by atoms with E-state index in [0.717, 1.165) is 21.1 Å². The van der Waals surface area contributed by atoms with Crippen LogP contribution in [0.2, 0.25) is 0 Å². The van der Waals surface area contributed by atoms with E-state index in [4.69, 9.17) is 4.74 Å². The summed E-state index contributed by atoms with van der Waals surface area (Å²) in [6.45, 7) is 2.91. The van der Waals surface area contributed by atoms with Gasteiger partial charge in [0.25, 0.3) is 5.91 Å². The van der Waals surface area contributed by atoms with Gasteiger partial charge in [0.1, 0.15) is 0 Å². The first kappa shape index (κ1) is 19.3. The van der Waals surface area contributed by atoms with Gasteiger partial charge in [-0.2, -0.15) is 0 Å². The Morgan fingerprint density at radius 3 is 2.64 bits per heavy atom. The van der Waals surface area contributed by atoms with E-state index < -0.39 is 0 Å². The van der Waals surface area contributed by atoms with E-state index in [1.54, 1.807) is 18.1 Å². The smallest absolute Gasteiger partial charge is 0.307 e. The van der Waals surface area contributed by atoms with Gasteiger partial charge in [0.2, 0.25) is 0 Å². The summed E-state index contributed by atoms with van der Waals surface area (Å²) in [4.78, 5) is 30.6. The molecular formula is C18H21BrN2O4. The molecular weight excluding hydrogens is 388 g/mol. The number of nitrogens with zero attached hydrogens (tertiary/aromatic N) is 2. The van der Waals surface area contributed by atoms with E-state index in [1.807, 2.05) is 25.1 Å². The van der Waals surface area contributed by atoms with Gasteiger partial charge >= 0.3 is 5.97 Å². The van der Waals surface area contributed by atoms with Crippen molar-refractivity contribution in [1.82, 2.24) is 9.88 Å². The molecule has 0 unspecified atom stereocenters. The molecule has 0 aliphatic rings. The Balaban J connectivity index is 2.36. The molecule has 0 fully saturated rings. The Morgan fingerprint density at radius 1 is 1.20 bits per heavy atom. The highest BCUT2D eigenvalue weighted by Crippen LogP contribution is 2.23. The standard InChI is InChI=1S/C18H21BrN2O4/c1-12-10-15(14-5-4-13(19)11-16(14)20-12)18(23)21(8-9-24-2)7-6-17(22)25-3/h4-5,10-11H,6-9H2,1-3H3. The van der Waals surface area contributed by atoms with Crippen LogP contribution in [0.1, 0.15) is 22.5 Å². The van der Waals surface area contributed by atoms with Gasteiger partial charge < -0.3 is 14.4 Å². The first-order chi connectivity index (χ1) is 12.0. The third-order valence-corrected chi connectivity index (χ3v) is 4.29. The molecule has 25 heavy (non-hydrogen) atoms. The number of fused-ring (bicyclic) bond motifs is 1. The summed E-state index contributed by atoms with van der Waals surface area (Å²) in [6, 6.07) is 7.40. The second-order valence-corrected chi connectivity index (χ2v) is 6.50. The largest absolute Gasteiger partial charge is 0.469 e. The minimum absolute atomic E-state index is 0.138. The number of hydrogen-bond acceptors (Lipinski definition) is 5. The summed E-state index contributed by atoms with van der Waals surface area (Å²) in [5, 5.41) is 0.777. The zero-order chi connectivity index (χ0) is 18.4. The van der Waals surface area contributed by atoms with Gasteiger partial charge in [-0.3, -0.25) is 14.6 Å². The summed E-state index contributed by atoms with van der Waals surface area (Å²) >= 11 is 3.43. The number of amides is 1. The molecule has 0 aliphatic heterocycles. The number of aryl methyl sites for hydroxylation is 1. The molecule has 134 valence electrons. The van der Waals surface area contributed by atoms with E-state index in [1.165, 1.54) is 7.11 Å². The lowest BCUT2D eigenvalue weighted by Gasteiger charge is -2.23. The molecule has 0 spiro atoms. The molecule has 0 atom stereocenters. The van der Waals surface area contributed by atoms with Crippen molar-refractivity contribution in [3.05, 3.63) is 40.0 Å². The molecule has 2 aromatic rings. The first-order valence-corrected chi connectivity index (χ1v) is 8.67. The fourth-order valence-corrected chi connectivity index (χ4v) is 2.87. The van der Waals surface area contributed by atoms with Crippen LogP contribution < -0.4 is 0 Å². The number of esters is 1. The van der Waals surface area contributed by atoms with Crippen molar-refractivity contribution in [2.24, 2.45) is 0 Å². The Bertz CT molecular complexity index is 774. The fraction of sp³-hybridized carbons (Fsp3) is 0.389. The predicted octanol–water partition coefficient (Wildman–Crippen LogP) is 2.96. The van der Waals surface area contributed by atoms with Gasteiger partial charge in [0.15, 0.2) is 0 Å². The van der Waals surface area contributed by atoms with E-state index in [-0.39, 0.29) is 24.8 Å². The molecule has 1 aromatic carbocycles. The van der Waals surface area contributed by atoms with Crippen molar-refractivity contribution in [2.45, 2.75) is 13.3 Å². The first-order valence-electron chi connectivity index (χ1n) is 7.88. The van der Waals surface area contributed by atoms with Crippen LogP contribution in [0.4, 0.5) is 0 Å². The van der Waals surface area contributed by atoms with Gasteiger partial charge in [-0.1, -0.05) is 22.0 Å². The van der Waals surface area contributed by atoms with E-state index in [2.05, 4.69) is 25.7 Å². The van der Waals surface area contributed by atoms with Crippen molar-refractivity contribution in [2.75, 3.05) is 33.9 Å². The number of methoxy groups -OCH3 is 2. The highest BCUT2D eigenvalue weighted by Gasteiger charge is 2.20. The quantitative estimate of drug-likeness (QED) is 0.658. The Hall–Kier alpha value is -1.99. The lowest BCUT2D eigenvalue weighted by atomic mass is 10.1. The minimum Gasteiger partial charge on any atom is -0.469 e. The van der Waals surface area contributed by atoms with Crippen molar-refractivity contribution < 1.29 is 19.1 Å². The Morgan fingerprint density at radius 2 is 1.96 bits per heavy atom. The molecule has 2 rings (SSSR count). The molecule has 0 radical (unpaired) electrons.